The summed E-state index contributed by atoms with van der Waals surface area (Å²) < 4.78 is -1.86. The quantitative estimate of drug-likeness (QED) is 0.221. The number of nitrogens with two attached hydrogens (primary N) is 1. The molecule has 0 heterocycles. The molecular formula is C28H28N2O8S. The van der Waals surface area contributed by atoms with Crippen LogP contribution >= 0.6 is 12.6 Å². The van der Waals surface area contributed by atoms with Gasteiger partial charge in [0.2, 0.25) is 5.78 Å². The third kappa shape index (κ3) is 3.33. The molecule has 0 saturated heterocycles. The van der Waals surface area contributed by atoms with E-state index >= 15 is 0 Å². The highest BCUT2D eigenvalue weighted by Crippen LogP contribution is 2.60. The van der Waals surface area contributed by atoms with Crippen molar-refractivity contribution < 1.29 is 39.9 Å². The van der Waals surface area contributed by atoms with Crippen LogP contribution in [-0.2, 0) is 9.59 Å². The highest BCUT2D eigenvalue weighted by Gasteiger charge is 2.68. The van der Waals surface area contributed by atoms with Gasteiger partial charge in [-0.15, -0.1) is 0 Å². The van der Waals surface area contributed by atoms with E-state index in [0.717, 1.165) is 5.69 Å². The summed E-state index contributed by atoms with van der Waals surface area (Å²) in [5.74, 6) is -8.40. The first kappa shape index (κ1) is 26.8. The van der Waals surface area contributed by atoms with Crippen LogP contribution in [0.25, 0.3) is 11.1 Å². The standard InChI is InChI=1S/C28H28N2O8S/c1-11-18-14(12-4-6-13(7-5-12)30(2)3)8-9-16(31)19(18)22(33)21-25(36)27(38)15(23(34)28(11,21)39)10-17(32)20(24(27)35)26(29)37/h4-9,11,15,23,31-32,34,36,38-39H,10H2,1-3H3,(H2,29,37)/t11-,15+,23+,27+,28-/m0/s1. The third-order valence-electron chi connectivity index (χ3n) is 8.35. The maximum atomic E-state index is 14.0. The van der Waals surface area contributed by atoms with Crippen LogP contribution in [0.1, 0.15) is 35.2 Å². The van der Waals surface area contributed by atoms with E-state index in [0.29, 0.717) is 16.7 Å². The van der Waals surface area contributed by atoms with E-state index in [2.05, 4.69) is 0 Å². The average molecular weight is 553 g/mol. The molecule has 3 aliphatic rings. The number of carbonyl (C=O) groups is 3. The number of phenolic OH excluding ortho intramolecular Hbond substituents is 1. The highest BCUT2D eigenvalue weighted by atomic mass is 32.1. The number of benzene rings is 2. The molecule has 1 amide bonds. The number of hydrogen-bond donors (Lipinski definition) is 7. The van der Waals surface area contributed by atoms with Crippen LogP contribution in [0.2, 0.25) is 0 Å². The number of nitrogens with zero attached hydrogens (tertiary/aromatic N) is 1. The lowest BCUT2D eigenvalue weighted by atomic mass is 9.55. The van der Waals surface area contributed by atoms with Crippen molar-refractivity contribution in [1.29, 1.82) is 0 Å². The molecule has 3 aliphatic carbocycles. The number of hydrogen-bond acceptors (Lipinski definition) is 10. The van der Waals surface area contributed by atoms with Gasteiger partial charge in [0.15, 0.2) is 11.4 Å². The second-order valence-electron chi connectivity index (χ2n) is 10.5. The van der Waals surface area contributed by atoms with Crippen LogP contribution in [0.4, 0.5) is 5.69 Å². The monoisotopic (exact) mass is 552 g/mol. The number of Topliss-reactive ketones (excluding diaryl/α,β-unsaturated/α-hetero) is 2. The van der Waals surface area contributed by atoms with Gasteiger partial charge >= 0.3 is 0 Å². The molecule has 39 heavy (non-hydrogen) atoms. The fraction of sp³-hybridized carbons (Fsp3) is 0.321. The molecule has 0 fully saturated rings. The van der Waals surface area contributed by atoms with Crippen molar-refractivity contribution >= 4 is 35.8 Å². The molecule has 10 nitrogen and oxygen atoms in total. The Morgan fingerprint density at radius 2 is 1.69 bits per heavy atom. The van der Waals surface area contributed by atoms with E-state index in [1.165, 1.54) is 6.07 Å². The van der Waals surface area contributed by atoms with Gasteiger partial charge in [-0.2, -0.15) is 12.6 Å². The van der Waals surface area contributed by atoms with Crippen LogP contribution in [0.3, 0.4) is 0 Å². The van der Waals surface area contributed by atoms with E-state index < -0.39 is 80.6 Å². The minimum atomic E-state index is -2.93. The number of fused-ring (bicyclic) bond motifs is 3. The number of ketones is 2. The molecule has 0 aromatic heterocycles. The first-order valence-electron chi connectivity index (χ1n) is 12.2. The predicted octanol–water partition coefficient (Wildman–Crippen LogP) is 1.90. The summed E-state index contributed by atoms with van der Waals surface area (Å²) in [5.41, 5.74) is 3.20. The molecule has 2 aromatic carbocycles. The summed E-state index contributed by atoms with van der Waals surface area (Å²) in [5, 5.41) is 55.7. The van der Waals surface area contributed by atoms with Gasteiger partial charge in [0, 0.05) is 38.0 Å². The van der Waals surface area contributed by atoms with E-state index in [4.69, 9.17) is 18.4 Å². The lowest BCUT2D eigenvalue weighted by Gasteiger charge is -2.55. The van der Waals surface area contributed by atoms with Crippen LogP contribution in [-0.4, -0.2) is 73.6 Å². The summed E-state index contributed by atoms with van der Waals surface area (Å²) in [4.78, 5) is 41.0. The van der Waals surface area contributed by atoms with Gasteiger partial charge < -0.3 is 36.2 Å². The second-order valence-corrected chi connectivity index (χ2v) is 11.2. The topological polar surface area (TPSA) is 182 Å². The third-order valence-corrected chi connectivity index (χ3v) is 9.23. The Hall–Kier alpha value is -3.80. The van der Waals surface area contributed by atoms with Gasteiger partial charge in [-0.1, -0.05) is 25.1 Å². The van der Waals surface area contributed by atoms with Crippen molar-refractivity contribution in [2.24, 2.45) is 11.7 Å². The summed E-state index contributed by atoms with van der Waals surface area (Å²) in [6.07, 6.45) is -2.36. The number of allylic oxidation sites excluding steroid dienone is 1. The molecule has 0 saturated carbocycles. The van der Waals surface area contributed by atoms with Gasteiger partial charge in [0.05, 0.1) is 22.0 Å². The van der Waals surface area contributed by atoms with E-state index in [-0.39, 0.29) is 5.56 Å². The number of thiol groups is 1. The molecule has 5 rings (SSSR count). The molecule has 11 heteroatoms. The van der Waals surface area contributed by atoms with Gasteiger partial charge in [-0.25, -0.2) is 0 Å². The SMILES string of the molecule is C[C@H]1c2c(-c3ccc(N(C)C)cc3)ccc(O)c2C(=O)C2=C(O)[C@]3(O)C(=O)C(C(N)=O)=C(O)C[C@@H]3[C@@H](O)[C@@]21S. The molecule has 0 aliphatic heterocycles. The Bertz CT molecular complexity index is 1530. The normalized spacial score (nSPS) is 30.1. The van der Waals surface area contributed by atoms with E-state index in [1.807, 2.05) is 43.3 Å². The largest absolute Gasteiger partial charge is 0.511 e. The maximum absolute atomic E-state index is 14.0. The van der Waals surface area contributed by atoms with E-state index in [9.17, 15) is 39.9 Å². The Morgan fingerprint density at radius 1 is 1.08 bits per heavy atom. The maximum Gasteiger partial charge on any atom is 0.255 e. The lowest BCUT2D eigenvalue weighted by Crippen LogP contribution is -2.67. The molecule has 7 N–H and O–H groups in total. The van der Waals surface area contributed by atoms with Gasteiger partial charge in [0.25, 0.3) is 5.91 Å². The zero-order valence-electron chi connectivity index (χ0n) is 21.3. The number of aliphatic hydroxyl groups is 4. The summed E-state index contributed by atoms with van der Waals surface area (Å²) >= 11 is 4.73. The van der Waals surface area contributed by atoms with Crippen molar-refractivity contribution in [1.82, 2.24) is 0 Å². The summed E-state index contributed by atoms with van der Waals surface area (Å²) in [6.45, 7) is 1.64. The number of anilines is 1. The van der Waals surface area contributed by atoms with Crippen LogP contribution < -0.4 is 10.6 Å². The smallest absolute Gasteiger partial charge is 0.255 e. The lowest BCUT2D eigenvalue weighted by molar-refractivity contribution is -0.153. The first-order valence-corrected chi connectivity index (χ1v) is 12.7. The van der Waals surface area contributed by atoms with Crippen LogP contribution in [0.5, 0.6) is 5.75 Å². The fourth-order valence-corrected chi connectivity index (χ4v) is 6.77. The van der Waals surface area contributed by atoms with Gasteiger partial charge in [0.1, 0.15) is 22.8 Å². The first-order chi connectivity index (χ1) is 18.2. The molecule has 0 radical (unpaired) electrons. The van der Waals surface area contributed by atoms with Crippen molar-refractivity contribution in [3.8, 4) is 16.9 Å². The number of aromatic hydroxyl groups is 1. The molecule has 2 aromatic rings. The minimum absolute atomic E-state index is 0.172. The molecule has 0 bridgehead atoms. The van der Waals surface area contributed by atoms with Gasteiger partial charge in [-0.05, 0) is 34.9 Å². The summed E-state index contributed by atoms with van der Waals surface area (Å²) in [7, 11) is 3.79. The minimum Gasteiger partial charge on any atom is -0.511 e. The Balaban J connectivity index is 1.78. The fourth-order valence-electron chi connectivity index (χ4n) is 6.25. The van der Waals surface area contributed by atoms with Gasteiger partial charge in [-0.3, -0.25) is 14.4 Å². The Labute approximate surface area is 229 Å². The average Bonchev–Trinajstić information content (AvgIpc) is 2.88. The second kappa shape index (κ2) is 8.60. The van der Waals surface area contributed by atoms with Crippen LogP contribution in [0.15, 0.2) is 59.1 Å². The van der Waals surface area contributed by atoms with Crippen molar-refractivity contribution in [3.05, 3.63) is 70.2 Å². The number of aliphatic hydroxyl groups excluding tert-OH is 3. The molecule has 5 atom stereocenters. The zero-order chi connectivity index (χ0) is 28.8. The molecular weight excluding hydrogens is 524 g/mol. The number of primary amides is 1. The molecule has 0 spiro atoms. The Kier molecular flexibility index (Phi) is 5.91. The molecule has 204 valence electrons. The van der Waals surface area contributed by atoms with E-state index in [1.54, 1.807) is 13.0 Å². The Morgan fingerprint density at radius 3 is 2.26 bits per heavy atom. The number of rotatable bonds is 3. The number of phenols is 1. The van der Waals surface area contributed by atoms with Crippen LogP contribution in [0, 0.1) is 5.92 Å². The number of carbonyl (C=O) groups excluding carboxylic acids is 3. The predicted molar refractivity (Wildman–Crippen MR) is 145 cm³/mol. The van der Waals surface area contributed by atoms with Crippen molar-refractivity contribution in [3.63, 3.8) is 0 Å². The summed E-state index contributed by atoms with van der Waals surface area (Å²) in [6, 6.07) is 10.4. The zero-order valence-corrected chi connectivity index (χ0v) is 22.2. The number of amides is 1. The molecule has 0 unspecified atom stereocenters. The van der Waals surface area contributed by atoms with Crippen molar-refractivity contribution in [2.75, 3.05) is 19.0 Å². The highest BCUT2D eigenvalue weighted by molar-refractivity contribution is 7.82. The van der Waals surface area contributed by atoms with Crippen molar-refractivity contribution in [2.45, 2.75) is 35.7 Å².